The zero-order valence-electron chi connectivity index (χ0n) is 7.41. The zero-order valence-corrected chi connectivity index (χ0v) is 8.92. The molecular weight excluding hydrogens is 225 g/mol. The SMILES string of the molecule is Clc1cc(Cl)nc([N+]2CCOCC2)n1. The highest BCUT2D eigenvalue weighted by molar-refractivity contribution is 6.33. The van der Waals surface area contributed by atoms with E-state index < -0.39 is 0 Å². The number of morpholine rings is 1. The molecule has 1 aromatic heterocycles. The van der Waals surface area contributed by atoms with Gasteiger partial charge in [0.15, 0.2) is 13.1 Å². The molecule has 0 saturated carbocycles. The normalized spacial score (nSPS) is 18.4. The summed E-state index contributed by atoms with van der Waals surface area (Å²) in [6, 6.07) is 1.52. The first-order chi connectivity index (χ1) is 6.75. The topological polar surface area (TPSA) is 40.9 Å². The number of aromatic nitrogens is 2. The summed E-state index contributed by atoms with van der Waals surface area (Å²) in [5.41, 5.74) is 0. The molecule has 0 unspecified atom stereocenters. The van der Waals surface area contributed by atoms with E-state index >= 15 is 0 Å². The fourth-order valence-electron chi connectivity index (χ4n) is 1.28. The van der Waals surface area contributed by atoms with Crippen molar-refractivity contribution in [2.75, 3.05) is 26.3 Å². The minimum absolute atomic E-state index is 0.367. The van der Waals surface area contributed by atoms with E-state index in [1.165, 1.54) is 6.07 Å². The first-order valence-corrected chi connectivity index (χ1v) is 5.04. The molecule has 0 aromatic carbocycles. The van der Waals surface area contributed by atoms with Gasteiger partial charge in [0.1, 0.15) is 23.5 Å². The van der Waals surface area contributed by atoms with Crippen LogP contribution in [0.5, 0.6) is 0 Å². The minimum atomic E-state index is 0.367. The number of nitrogens with zero attached hydrogens (tertiary/aromatic N) is 3. The standard InChI is InChI=1S/C8H9Cl2N3O/c9-6-5-7(10)12-8(11-6)13-1-3-14-4-2-13/h5H,1-4H2/q+1. The van der Waals surface area contributed by atoms with Crippen molar-refractivity contribution in [2.45, 2.75) is 0 Å². The summed E-state index contributed by atoms with van der Waals surface area (Å²) in [6.07, 6.45) is 0. The monoisotopic (exact) mass is 233 g/mol. The van der Waals surface area contributed by atoms with Crippen LogP contribution >= 0.6 is 23.2 Å². The van der Waals surface area contributed by atoms with E-state index in [1.54, 1.807) is 0 Å². The Morgan fingerprint density at radius 2 is 1.71 bits per heavy atom. The zero-order chi connectivity index (χ0) is 9.97. The Labute approximate surface area is 91.8 Å². The molecule has 75 valence electrons. The van der Waals surface area contributed by atoms with Crippen LogP contribution in [0.4, 0.5) is 5.95 Å². The molecule has 1 aromatic rings. The molecule has 2 rings (SSSR count). The van der Waals surface area contributed by atoms with Crippen molar-refractivity contribution in [3.8, 4) is 0 Å². The highest BCUT2D eigenvalue weighted by atomic mass is 35.5. The first kappa shape index (κ1) is 10.1. The maximum absolute atomic E-state index is 5.78. The van der Waals surface area contributed by atoms with Crippen LogP contribution < -0.4 is 4.90 Å². The summed E-state index contributed by atoms with van der Waals surface area (Å²) in [5, 5.41) is 0.734. The van der Waals surface area contributed by atoms with E-state index in [-0.39, 0.29) is 0 Å². The van der Waals surface area contributed by atoms with Crippen molar-refractivity contribution >= 4 is 29.2 Å². The van der Waals surface area contributed by atoms with E-state index in [4.69, 9.17) is 27.9 Å². The van der Waals surface area contributed by atoms with Gasteiger partial charge < -0.3 is 4.74 Å². The van der Waals surface area contributed by atoms with Gasteiger partial charge in [0.05, 0.1) is 0 Å². The summed E-state index contributed by atoms with van der Waals surface area (Å²) in [4.78, 5) is 10.2. The Kier molecular flexibility index (Phi) is 3.18. The molecule has 0 bridgehead atoms. The van der Waals surface area contributed by atoms with Crippen LogP contribution in [-0.4, -0.2) is 36.3 Å². The van der Waals surface area contributed by atoms with Gasteiger partial charge in [0.25, 0.3) is 0 Å². The molecule has 6 heteroatoms. The van der Waals surface area contributed by atoms with E-state index in [0.29, 0.717) is 29.5 Å². The van der Waals surface area contributed by atoms with Crippen LogP contribution in [0, 0.1) is 0 Å². The van der Waals surface area contributed by atoms with Crippen LogP contribution in [0.2, 0.25) is 10.3 Å². The second-order valence-electron chi connectivity index (χ2n) is 2.91. The summed E-state index contributed by atoms with van der Waals surface area (Å²) in [6.45, 7) is 2.92. The lowest BCUT2D eigenvalue weighted by Crippen LogP contribution is -2.38. The number of ether oxygens (including phenoxy) is 1. The minimum Gasteiger partial charge on any atom is -0.369 e. The molecule has 0 atom stereocenters. The van der Waals surface area contributed by atoms with Crippen molar-refractivity contribution < 1.29 is 4.74 Å². The quantitative estimate of drug-likeness (QED) is 0.547. The van der Waals surface area contributed by atoms with Crippen LogP contribution in [0.15, 0.2) is 6.07 Å². The summed E-state index contributed by atoms with van der Waals surface area (Å²) < 4.78 is 5.22. The fraction of sp³-hybridized carbons (Fsp3) is 0.500. The summed E-state index contributed by atoms with van der Waals surface area (Å²) in [7, 11) is 0. The van der Waals surface area contributed by atoms with Gasteiger partial charge >= 0.3 is 5.95 Å². The average Bonchev–Trinajstić information content (AvgIpc) is 2.18. The van der Waals surface area contributed by atoms with Gasteiger partial charge in [0, 0.05) is 6.07 Å². The highest BCUT2D eigenvalue weighted by Gasteiger charge is 2.26. The van der Waals surface area contributed by atoms with Crippen molar-refractivity contribution in [1.82, 2.24) is 14.9 Å². The van der Waals surface area contributed by atoms with E-state index in [1.807, 2.05) is 4.90 Å². The molecule has 0 aliphatic carbocycles. The third-order valence-corrected chi connectivity index (χ3v) is 2.33. The van der Waals surface area contributed by atoms with Crippen molar-refractivity contribution in [2.24, 2.45) is 0 Å². The molecule has 4 nitrogen and oxygen atoms in total. The maximum atomic E-state index is 5.78. The molecule has 2 heterocycles. The van der Waals surface area contributed by atoms with Gasteiger partial charge in [-0.25, -0.2) is 0 Å². The predicted octanol–water partition coefficient (Wildman–Crippen LogP) is 1.59. The second kappa shape index (κ2) is 4.40. The summed E-state index contributed by atoms with van der Waals surface area (Å²) >= 11 is 11.6. The van der Waals surface area contributed by atoms with Gasteiger partial charge in [-0.1, -0.05) is 28.1 Å². The fourth-order valence-corrected chi connectivity index (χ4v) is 1.70. The molecule has 1 saturated heterocycles. The van der Waals surface area contributed by atoms with Crippen LogP contribution in [-0.2, 0) is 4.74 Å². The van der Waals surface area contributed by atoms with Crippen LogP contribution in [0.1, 0.15) is 0 Å². The molecule has 0 spiro atoms. The number of anilines is 1. The first-order valence-electron chi connectivity index (χ1n) is 4.28. The lowest BCUT2D eigenvalue weighted by atomic mass is 10.4. The number of halogens is 2. The molecule has 0 amide bonds. The van der Waals surface area contributed by atoms with Gasteiger partial charge in [-0.2, -0.15) is 9.97 Å². The Morgan fingerprint density at radius 1 is 1.14 bits per heavy atom. The molecule has 1 aliphatic heterocycles. The average molecular weight is 234 g/mol. The van der Waals surface area contributed by atoms with Gasteiger partial charge in [-0.3, -0.25) is 0 Å². The van der Waals surface area contributed by atoms with Crippen molar-refractivity contribution in [3.05, 3.63) is 16.4 Å². The van der Waals surface area contributed by atoms with Crippen LogP contribution in [0.3, 0.4) is 0 Å². The second-order valence-corrected chi connectivity index (χ2v) is 3.69. The Balaban J connectivity index is 2.21. The predicted molar refractivity (Wildman–Crippen MR) is 54.4 cm³/mol. The van der Waals surface area contributed by atoms with E-state index in [9.17, 15) is 0 Å². The lowest BCUT2D eigenvalue weighted by molar-refractivity contribution is 0.0886. The number of hydrogen-bond donors (Lipinski definition) is 0. The smallest absolute Gasteiger partial charge is 0.369 e. The molecule has 1 aliphatic rings. The van der Waals surface area contributed by atoms with Gasteiger partial charge in [-0.05, 0) is 0 Å². The van der Waals surface area contributed by atoms with Crippen LogP contribution in [0.25, 0.3) is 0 Å². The van der Waals surface area contributed by atoms with E-state index in [2.05, 4.69) is 9.97 Å². The summed E-state index contributed by atoms with van der Waals surface area (Å²) in [5.74, 6) is 0.575. The number of hydrogen-bond acceptors (Lipinski definition) is 4. The Bertz CT molecular complexity index is 308. The van der Waals surface area contributed by atoms with Gasteiger partial charge in [0.2, 0.25) is 0 Å². The lowest BCUT2D eigenvalue weighted by Gasteiger charge is -2.14. The molecule has 0 N–H and O–H groups in total. The Hall–Kier alpha value is -0.420. The maximum Gasteiger partial charge on any atom is 0.381 e. The van der Waals surface area contributed by atoms with Crippen molar-refractivity contribution in [1.29, 1.82) is 0 Å². The highest BCUT2D eigenvalue weighted by Crippen LogP contribution is 2.17. The molecular formula is C8H9Cl2N3O+. The third kappa shape index (κ3) is 2.33. The molecule has 1 fully saturated rings. The van der Waals surface area contributed by atoms with Gasteiger partial charge in [-0.15, -0.1) is 0 Å². The Morgan fingerprint density at radius 3 is 2.29 bits per heavy atom. The largest absolute Gasteiger partial charge is 0.381 e. The third-order valence-electron chi connectivity index (χ3n) is 1.95. The molecule has 1 radical (unpaired) electrons. The van der Waals surface area contributed by atoms with Crippen molar-refractivity contribution in [3.63, 3.8) is 0 Å². The number of rotatable bonds is 1. The molecule has 14 heavy (non-hydrogen) atoms. The van der Waals surface area contributed by atoms with E-state index in [0.717, 1.165) is 13.1 Å².